The lowest BCUT2D eigenvalue weighted by Crippen LogP contribution is -1.98. The molecule has 1 aromatic rings. The first-order chi connectivity index (χ1) is 9.12. The van der Waals surface area contributed by atoms with Gasteiger partial charge in [0.25, 0.3) is 0 Å². The van der Waals surface area contributed by atoms with Crippen molar-refractivity contribution in [2.75, 3.05) is 13.7 Å². The maximum absolute atomic E-state index is 10.8. The van der Waals surface area contributed by atoms with Gasteiger partial charge in [0, 0.05) is 12.5 Å². The third kappa shape index (κ3) is 4.13. The largest absolute Gasteiger partial charge is 0.493 e. The highest BCUT2D eigenvalue weighted by Crippen LogP contribution is 2.29. The van der Waals surface area contributed by atoms with Gasteiger partial charge in [-0.05, 0) is 17.7 Å². The molecular weight excluding hydrogens is 246 g/mol. The molecule has 0 radical (unpaired) electrons. The number of hydrogen-bond acceptors (Lipinski definition) is 4. The molecule has 5 nitrogen and oxygen atoms in total. The van der Waals surface area contributed by atoms with Crippen LogP contribution in [-0.4, -0.2) is 18.6 Å². The Morgan fingerprint density at radius 3 is 2.74 bits per heavy atom. The number of nitro groups is 1. The minimum absolute atomic E-state index is 0.154. The van der Waals surface area contributed by atoms with Crippen molar-refractivity contribution >= 4 is 6.08 Å². The summed E-state index contributed by atoms with van der Waals surface area (Å²) in [6, 6.07) is 5.18. The first-order valence-corrected chi connectivity index (χ1v) is 5.89. The number of benzene rings is 1. The summed E-state index contributed by atoms with van der Waals surface area (Å²) in [5.74, 6) is 1.12. The molecule has 0 bridgehead atoms. The highest BCUT2D eigenvalue weighted by molar-refractivity contribution is 5.57. The van der Waals surface area contributed by atoms with Crippen molar-refractivity contribution in [3.05, 3.63) is 52.2 Å². The lowest BCUT2D eigenvalue weighted by atomic mass is 10.1. The van der Waals surface area contributed by atoms with Crippen molar-refractivity contribution in [3.63, 3.8) is 0 Å². The molecule has 0 aliphatic carbocycles. The van der Waals surface area contributed by atoms with Gasteiger partial charge < -0.3 is 9.47 Å². The van der Waals surface area contributed by atoms with Crippen molar-refractivity contribution in [2.45, 2.75) is 13.3 Å². The second-order valence-electron chi connectivity index (χ2n) is 3.76. The molecule has 1 aromatic carbocycles. The molecule has 0 saturated carbocycles. The summed E-state index contributed by atoms with van der Waals surface area (Å²) in [5, 5.41) is 10.8. The zero-order valence-electron chi connectivity index (χ0n) is 11.1. The molecule has 0 saturated heterocycles. The topological polar surface area (TPSA) is 61.6 Å². The van der Waals surface area contributed by atoms with E-state index in [1.807, 2.05) is 0 Å². The molecule has 0 amide bonds. The van der Waals surface area contributed by atoms with Gasteiger partial charge in [-0.1, -0.05) is 25.6 Å². The summed E-state index contributed by atoms with van der Waals surface area (Å²) < 4.78 is 10.6. The molecule has 0 aromatic heterocycles. The summed E-state index contributed by atoms with van der Waals surface area (Å²) in [6.45, 7) is 5.69. The fourth-order valence-corrected chi connectivity index (χ4v) is 1.52. The van der Waals surface area contributed by atoms with Crippen LogP contribution in [0.3, 0.4) is 0 Å². The molecule has 0 spiro atoms. The molecule has 0 atom stereocenters. The highest BCUT2D eigenvalue weighted by Gasteiger charge is 2.09. The number of methoxy groups -OCH3 is 1. The van der Waals surface area contributed by atoms with Gasteiger partial charge in [-0.2, -0.15) is 0 Å². The van der Waals surface area contributed by atoms with E-state index in [-0.39, 0.29) is 10.6 Å². The lowest BCUT2D eigenvalue weighted by molar-refractivity contribution is -0.425. The highest BCUT2D eigenvalue weighted by atomic mass is 16.6. The first kappa shape index (κ1) is 14.8. The normalized spacial score (nSPS) is 10.9. The number of ether oxygens (including phenoxy) is 2. The zero-order chi connectivity index (χ0) is 14.3. The zero-order valence-corrected chi connectivity index (χ0v) is 11.1. The van der Waals surface area contributed by atoms with E-state index in [4.69, 9.17) is 9.47 Å². The van der Waals surface area contributed by atoms with E-state index in [1.54, 1.807) is 31.2 Å². The van der Waals surface area contributed by atoms with Gasteiger partial charge in [-0.15, -0.1) is 0 Å². The predicted molar refractivity (Wildman–Crippen MR) is 73.9 cm³/mol. The molecule has 5 heteroatoms. The fraction of sp³-hybridized carbons (Fsp3) is 0.286. The van der Waals surface area contributed by atoms with Crippen LogP contribution in [0.5, 0.6) is 11.5 Å². The minimum Gasteiger partial charge on any atom is -0.493 e. The molecule has 0 fully saturated rings. The van der Waals surface area contributed by atoms with Gasteiger partial charge in [0.15, 0.2) is 11.5 Å². The monoisotopic (exact) mass is 263 g/mol. The third-order valence-electron chi connectivity index (χ3n) is 2.47. The van der Waals surface area contributed by atoms with Crippen LogP contribution in [0.15, 0.2) is 36.6 Å². The number of nitrogens with zero attached hydrogens (tertiary/aromatic N) is 1. The average molecular weight is 263 g/mol. The lowest BCUT2D eigenvalue weighted by Gasteiger charge is -2.09. The van der Waals surface area contributed by atoms with Crippen molar-refractivity contribution in [2.24, 2.45) is 0 Å². The van der Waals surface area contributed by atoms with Crippen LogP contribution in [0.2, 0.25) is 0 Å². The molecule has 0 N–H and O–H groups in total. The van der Waals surface area contributed by atoms with E-state index in [2.05, 4.69) is 6.58 Å². The summed E-state index contributed by atoms with van der Waals surface area (Å²) >= 11 is 0. The molecule has 0 aliphatic rings. The Morgan fingerprint density at radius 1 is 1.47 bits per heavy atom. The van der Waals surface area contributed by atoms with Gasteiger partial charge in [-0.3, -0.25) is 10.1 Å². The van der Waals surface area contributed by atoms with Crippen LogP contribution in [0, 0.1) is 10.1 Å². The first-order valence-electron chi connectivity index (χ1n) is 5.89. The second kappa shape index (κ2) is 7.20. The Labute approximate surface area is 112 Å². The Balaban J connectivity index is 3.05. The fourth-order valence-electron chi connectivity index (χ4n) is 1.52. The standard InChI is InChI=1S/C14H17NO4/c1-4-8-19-13-7-6-11(10-14(13)18-3)9-12(5-2)15(16)17/h4,6-7,9-10H,1,5,8H2,2-3H3. The van der Waals surface area contributed by atoms with E-state index < -0.39 is 0 Å². The van der Waals surface area contributed by atoms with Crippen molar-refractivity contribution in [1.29, 1.82) is 0 Å². The molecule has 0 heterocycles. The Bertz CT molecular complexity index is 494. The van der Waals surface area contributed by atoms with E-state index in [0.29, 0.717) is 30.1 Å². The van der Waals surface area contributed by atoms with Crippen molar-refractivity contribution in [3.8, 4) is 11.5 Å². The van der Waals surface area contributed by atoms with Crippen LogP contribution in [0.1, 0.15) is 18.9 Å². The number of hydrogen-bond donors (Lipinski definition) is 0. The molecule has 102 valence electrons. The van der Waals surface area contributed by atoms with Crippen molar-refractivity contribution in [1.82, 2.24) is 0 Å². The molecular formula is C14H17NO4. The third-order valence-corrected chi connectivity index (χ3v) is 2.47. The average Bonchev–Trinajstić information content (AvgIpc) is 2.42. The molecule has 1 rings (SSSR count). The van der Waals surface area contributed by atoms with Crippen LogP contribution in [0.25, 0.3) is 6.08 Å². The summed E-state index contributed by atoms with van der Waals surface area (Å²) in [6.07, 6.45) is 3.53. The van der Waals surface area contributed by atoms with E-state index in [0.717, 1.165) is 0 Å². The SMILES string of the molecule is C=CCOc1ccc(C=C(CC)[N+](=O)[O-])cc1OC. The number of allylic oxidation sites excluding steroid dienone is 1. The Kier molecular flexibility index (Phi) is 5.60. The molecule has 0 aliphatic heterocycles. The maximum Gasteiger partial charge on any atom is 0.246 e. The smallest absolute Gasteiger partial charge is 0.246 e. The Hall–Kier alpha value is -2.30. The summed E-state index contributed by atoms with van der Waals surface area (Å²) in [4.78, 5) is 10.4. The molecule has 19 heavy (non-hydrogen) atoms. The second-order valence-corrected chi connectivity index (χ2v) is 3.76. The van der Waals surface area contributed by atoms with Gasteiger partial charge >= 0.3 is 0 Å². The van der Waals surface area contributed by atoms with Crippen LogP contribution in [-0.2, 0) is 0 Å². The van der Waals surface area contributed by atoms with E-state index in [1.165, 1.54) is 13.2 Å². The minimum atomic E-state index is -0.380. The van der Waals surface area contributed by atoms with Crippen LogP contribution in [0.4, 0.5) is 0 Å². The summed E-state index contributed by atoms with van der Waals surface area (Å²) in [7, 11) is 1.53. The van der Waals surface area contributed by atoms with Crippen LogP contribution >= 0.6 is 0 Å². The van der Waals surface area contributed by atoms with Gasteiger partial charge in [-0.25, -0.2) is 0 Å². The maximum atomic E-state index is 10.8. The Morgan fingerprint density at radius 2 is 2.21 bits per heavy atom. The van der Waals surface area contributed by atoms with Gasteiger partial charge in [0.1, 0.15) is 6.61 Å². The van der Waals surface area contributed by atoms with E-state index >= 15 is 0 Å². The van der Waals surface area contributed by atoms with Gasteiger partial charge in [0.05, 0.1) is 12.0 Å². The quantitative estimate of drug-likeness (QED) is 0.430. The van der Waals surface area contributed by atoms with Crippen LogP contribution < -0.4 is 9.47 Å². The van der Waals surface area contributed by atoms with Crippen molar-refractivity contribution < 1.29 is 14.4 Å². The predicted octanol–water partition coefficient (Wildman–Crippen LogP) is 3.29. The number of rotatable bonds is 7. The summed E-state index contributed by atoms with van der Waals surface area (Å²) in [5.41, 5.74) is 0.859. The van der Waals surface area contributed by atoms with E-state index in [9.17, 15) is 10.1 Å². The van der Waals surface area contributed by atoms with Gasteiger partial charge in [0.2, 0.25) is 5.70 Å². The molecule has 0 unspecified atom stereocenters.